The number of rotatable bonds is 9. The number of aryl methyl sites for hydroxylation is 1. The number of para-hydroxylation sites is 1. The van der Waals surface area contributed by atoms with Crippen LogP contribution in [-0.4, -0.2) is 52.7 Å². The molecule has 1 aromatic carbocycles. The average Bonchev–Trinajstić information content (AvgIpc) is 3.47. The average molecular weight is 596 g/mol. The molecule has 37 heavy (non-hydrogen) atoms. The number of aromatic nitrogens is 4. The predicted octanol–water partition coefficient (Wildman–Crippen LogP) is 4.01. The van der Waals surface area contributed by atoms with Gasteiger partial charge in [-0.1, -0.05) is 6.07 Å². The Hall–Kier alpha value is -3.49. The lowest BCUT2D eigenvalue weighted by molar-refractivity contribution is 0.166. The number of anilines is 1. The van der Waals surface area contributed by atoms with Crippen molar-refractivity contribution in [3.63, 3.8) is 0 Å². The van der Waals surface area contributed by atoms with Crippen molar-refractivity contribution < 1.29 is 31.8 Å². The zero-order chi connectivity index (χ0) is 26.9. The van der Waals surface area contributed by atoms with Crippen molar-refractivity contribution in [1.82, 2.24) is 19.7 Å². The van der Waals surface area contributed by atoms with Crippen molar-refractivity contribution in [1.29, 1.82) is 0 Å². The van der Waals surface area contributed by atoms with Gasteiger partial charge in [-0.05, 0) is 60.1 Å². The number of pyridine rings is 1. The fourth-order valence-electron chi connectivity index (χ4n) is 3.58. The summed E-state index contributed by atoms with van der Waals surface area (Å²) >= 11 is 3.08. The molecule has 0 aliphatic carbocycles. The maximum absolute atomic E-state index is 14.4. The lowest BCUT2D eigenvalue weighted by Gasteiger charge is -2.21. The molecule has 196 valence electrons. The van der Waals surface area contributed by atoms with Gasteiger partial charge in [-0.15, -0.1) is 10.2 Å². The van der Waals surface area contributed by atoms with Crippen molar-refractivity contribution in [3.8, 4) is 28.8 Å². The number of sulfonamides is 1. The first kappa shape index (κ1) is 26.6. The number of nitrogens with zero attached hydrogens (tertiary/aromatic N) is 4. The molecule has 4 rings (SSSR count). The third-order valence-electron chi connectivity index (χ3n) is 5.53. The van der Waals surface area contributed by atoms with Gasteiger partial charge in [0.1, 0.15) is 45.8 Å². The van der Waals surface area contributed by atoms with Crippen LogP contribution in [0.4, 0.5) is 10.3 Å². The van der Waals surface area contributed by atoms with Gasteiger partial charge in [0, 0.05) is 10.7 Å². The molecule has 0 spiro atoms. The maximum Gasteiger partial charge on any atom is 0.243 e. The molecule has 0 aliphatic heterocycles. The van der Waals surface area contributed by atoms with E-state index in [1.54, 1.807) is 37.3 Å². The number of furan rings is 1. The van der Waals surface area contributed by atoms with Crippen LogP contribution in [0.25, 0.3) is 17.3 Å². The van der Waals surface area contributed by atoms with Crippen LogP contribution in [0.15, 0.2) is 51.5 Å². The first-order chi connectivity index (χ1) is 17.6. The number of hydrogen-bond acceptors (Lipinski definition) is 9. The van der Waals surface area contributed by atoms with Crippen molar-refractivity contribution in [3.05, 3.63) is 64.3 Å². The van der Waals surface area contributed by atoms with Gasteiger partial charge in [0.2, 0.25) is 21.8 Å². The van der Waals surface area contributed by atoms with Crippen molar-refractivity contribution >= 4 is 31.9 Å². The quantitative estimate of drug-likeness (QED) is 0.293. The Morgan fingerprint density at radius 1 is 1.16 bits per heavy atom. The standard InChI is InChI=1S/C23H23BrFN5O6S/c1-12-8-9-18(36-12)22-27-28-23(30(22)20-16(34-3)6-5-7-17(20)35-4)29-37(32,33)13(2)21(31)19-15(25)10-14(24)11-26-19/h5-11,13,21,31H,1-4H3,(H,28,29). The van der Waals surface area contributed by atoms with Crippen LogP contribution in [0, 0.1) is 12.7 Å². The van der Waals surface area contributed by atoms with Crippen molar-refractivity contribution in [2.24, 2.45) is 0 Å². The molecule has 11 nitrogen and oxygen atoms in total. The van der Waals surface area contributed by atoms with Gasteiger partial charge in [-0.3, -0.25) is 14.3 Å². The molecule has 14 heteroatoms. The number of nitrogens with one attached hydrogen (secondary N) is 1. The summed E-state index contributed by atoms with van der Waals surface area (Å²) < 4.78 is 61.8. The van der Waals surface area contributed by atoms with Crippen LogP contribution >= 0.6 is 15.9 Å². The Labute approximate surface area is 220 Å². The Morgan fingerprint density at radius 2 is 1.84 bits per heavy atom. The van der Waals surface area contributed by atoms with E-state index in [1.165, 1.54) is 31.9 Å². The van der Waals surface area contributed by atoms with Crippen molar-refractivity contribution in [2.75, 3.05) is 18.9 Å². The molecule has 0 fully saturated rings. The minimum atomic E-state index is -4.37. The molecule has 0 saturated heterocycles. The highest BCUT2D eigenvalue weighted by atomic mass is 79.9. The second-order valence-corrected chi connectivity index (χ2v) is 10.9. The SMILES string of the molecule is COc1cccc(OC)c1-n1c(NS(=O)(=O)C(C)C(O)c2ncc(Br)cc2F)nnc1-c1ccc(C)o1. The van der Waals surface area contributed by atoms with Gasteiger partial charge in [0.25, 0.3) is 0 Å². The van der Waals surface area contributed by atoms with E-state index in [1.807, 2.05) is 0 Å². The lowest BCUT2D eigenvalue weighted by Crippen LogP contribution is -2.32. The summed E-state index contributed by atoms with van der Waals surface area (Å²) in [5.74, 6) is 0.618. The van der Waals surface area contributed by atoms with Crippen LogP contribution in [-0.2, 0) is 10.0 Å². The van der Waals surface area contributed by atoms with Gasteiger partial charge < -0.3 is 19.0 Å². The second-order valence-electron chi connectivity index (χ2n) is 7.92. The molecule has 2 unspecified atom stereocenters. The molecule has 0 amide bonds. The molecule has 2 atom stereocenters. The topological polar surface area (TPSA) is 142 Å². The van der Waals surface area contributed by atoms with E-state index < -0.39 is 32.9 Å². The highest BCUT2D eigenvalue weighted by Crippen LogP contribution is 2.38. The number of aliphatic hydroxyl groups excluding tert-OH is 1. The summed E-state index contributed by atoms with van der Waals surface area (Å²) in [4.78, 5) is 3.83. The monoisotopic (exact) mass is 595 g/mol. The van der Waals surface area contributed by atoms with E-state index in [0.29, 0.717) is 33.2 Å². The highest BCUT2D eigenvalue weighted by Gasteiger charge is 2.34. The van der Waals surface area contributed by atoms with E-state index in [0.717, 1.165) is 6.07 Å². The normalized spacial score (nSPS) is 13.3. The van der Waals surface area contributed by atoms with Crippen LogP contribution in [0.1, 0.15) is 24.5 Å². The number of benzene rings is 1. The fourth-order valence-corrected chi connectivity index (χ4v) is 4.93. The third kappa shape index (κ3) is 5.17. The minimum absolute atomic E-state index is 0.155. The Kier molecular flexibility index (Phi) is 7.52. The summed E-state index contributed by atoms with van der Waals surface area (Å²) in [5.41, 5.74) is -0.117. The molecule has 3 aromatic heterocycles. The first-order valence-electron chi connectivity index (χ1n) is 10.8. The Morgan fingerprint density at radius 3 is 2.41 bits per heavy atom. The predicted molar refractivity (Wildman–Crippen MR) is 136 cm³/mol. The summed E-state index contributed by atoms with van der Waals surface area (Å²) in [7, 11) is -1.48. The van der Waals surface area contributed by atoms with Gasteiger partial charge in [0.05, 0.1) is 14.2 Å². The minimum Gasteiger partial charge on any atom is -0.494 e. The van der Waals surface area contributed by atoms with Crippen molar-refractivity contribution in [2.45, 2.75) is 25.2 Å². The number of halogens is 2. The van der Waals surface area contributed by atoms with Gasteiger partial charge in [-0.25, -0.2) is 12.8 Å². The molecule has 0 radical (unpaired) electrons. The van der Waals surface area contributed by atoms with E-state index in [-0.39, 0.29) is 11.8 Å². The lowest BCUT2D eigenvalue weighted by atomic mass is 10.2. The van der Waals surface area contributed by atoms with Crippen LogP contribution in [0.5, 0.6) is 11.5 Å². The van der Waals surface area contributed by atoms with Gasteiger partial charge in [-0.2, -0.15) is 0 Å². The Bertz CT molecular complexity index is 1520. The zero-order valence-electron chi connectivity index (χ0n) is 20.1. The zero-order valence-corrected chi connectivity index (χ0v) is 22.5. The van der Waals surface area contributed by atoms with E-state index in [9.17, 15) is 17.9 Å². The van der Waals surface area contributed by atoms with Gasteiger partial charge in [0.15, 0.2) is 5.76 Å². The fraction of sp³-hybridized carbons (Fsp3) is 0.261. The highest BCUT2D eigenvalue weighted by molar-refractivity contribution is 9.10. The maximum atomic E-state index is 14.4. The van der Waals surface area contributed by atoms with E-state index >= 15 is 0 Å². The summed E-state index contributed by atoms with van der Waals surface area (Å²) in [6, 6.07) is 9.47. The number of aliphatic hydroxyl groups is 1. The van der Waals surface area contributed by atoms with Crippen LogP contribution < -0.4 is 14.2 Å². The smallest absolute Gasteiger partial charge is 0.243 e. The third-order valence-corrected chi connectivity index (χ3v) is 7.67. The first-order valence-corrected chi connectivity index (χ1v) is 13.2. The molecular formula is C23H23BrFN5O6S. The number of hydrogen-bond donors (Lipinski definition) is 2. The molecule has 4 aromatic rings. The Balaban J connectivity index is 1.82. The van der Waals surface area contributed by atoms with E-state index in [2.05, 4.69) is 35.8 Å². The molecule has 2 N–H and O–H groups in total. The van der Waals surface area contributed by atoms with Crippen LogP contribution in [0.3, 0.4) is 0 Å². The molecule has 0 aliphatic rings. The molecule has 0 saturated carbocycles. The summed E-state index contributed by atoms with van der Waals surface area (Å²) in [6.45, 7) is 2.97. The van der Waals surface area contributed by atoms with Gasteiger partial charge >= 0.3 is 0 Å². The summed E-state index contributed by atoms with van der Waals surface area (Å²) in [5, 5.41) is 17.3. The molecular weight excluding hydrogens is 573 g/mol. The summed E-state index contributed by atoms with van der Waals surface area (Å²) in [6.07, 6.45) is -0.522. The van der Waals surface area contributed by atoms with Crippen LogP contribution in [0.2, 0.25) is 0 Å². The van der Waals surface area contributed by atoms with E-state index in [4.69, 9.17) is 13.9 Å². The second kappa shape index (κ2) is 10.5. The molecule has 0 bridgehead atoms. The molecule has 3 heterocycles. The number of methoxy groups -OCH3 is 2. The largest absolute Gasteiger partial charge is 0.494 e. The number of ether oxygens (including phenoxy) is 2.